The zero-order valence-corrected chi connectivity index (χ0v) is 13.1. The molecule has 1 amide bonds. The van der Waals surface area contributed by atoms with Crippen LogP contribution in [0.3, 0.4) is 0 Å². The maximum atomic E-state index is 11.3. The van der Waals surface area contributed by atoms with Gasteiger partial charge in [-0.2, -0.15) is 0 Å². The van der Waals surface area contributed by atoms with E-state index in [0.29, 0.717) is 17.2 Å². The fourth-order valence-electron chi connectivity index (χ4n) is 2.91. The highest BCUT2D eigenvalue weighted by Gasteiger charge is 2.45. The molecule has 2 fully saturated rings. The Morgan fingerprint density at radius 3 is 2.70 bits per heavy atom. The van der Waals surface area contributed by atoms with Gasteiger partial charge in [0.2, 0.25) is 11.9 Å². The zero-order valence-electron chi connectivity index (χ0n) is 12.3. The first-order valence-corrected chi connectivity index (χ1v) is 8.02. The molecule has 8 heteroatoms. The molecule has 1 aliphatic heterocycles. The van der Waals surface area contributed by atoms with Gasteiger partial charge in [0.25, 0.3) is 0 Å². The van der Waals surface area contributed by atoms with Gasteiger partial charge in [-0.15, -0.1) is 11.6 Å². The predicted octanol–water partition coefficient (Wildman–Crippen LogP) is 1.57. The van der Waals surface area contributed by atoms with Crippen LogP contribution in [-0.2, 0) is 4.79 Å². The summed E-state index contributed by atoms with van der Waals surface area (Å²) in [4.78, 5) is 30.9. The van der Waals surface area contributed by atoms with Gasteiger partial charge >= 0.3 is 0 Å². The van der Waals surface area contributed by atoms with Crippen LogP contribution in [0.4, 0.5) is 11.8 Å². The number of nitrogens with one attached hydrogen (secondary N) is 1. The van der Waals surface area contributed by atoms with Crippen molar-refractivity contribution in [3.05, 3.63) is 24.7 Å². The van der Waals surface area contributed by atoms with Gasteiger partial charge in [0.1, 0.15) is 11.7 Å². The molecule has 0 radical (unpaired) electrons. The average molecular weight is 331 g/mol. The van der Waals surface area contributed by atoms with Crippen LogP contribution in [0.1, 0.15) is 6.42 Å². The van der Waals surface area contributed by atoms with E-state index in [1.807, 2.05) is 0 Å². The number of anilines is 2. The highest BCUT2D eigenvalue weighted by atomic mass is 35.5. The molecular weight excluding hydrogens is 316 g/mol. The lowest BCUT2D eigenvalue weighted by molar-refractivity contribution is -0.113. The first kappa shape index (κ1) is 14.3. The molecule has 2 aliphatic rings. The number of alkyl halides is 1. The van der Waals surface area contributed by atoms with E-state index in [-0.39, 0.29) is 11.8 Å². The summed E-state index contributed by atoms with van der Waals surface area (Å²) in [7, 11) is 0. The first-order valence-electron chi connectivity index (χ1n) is 7.49. The highest BCUT2D eigenvalue weighted by molar-refractivity contribution is 6.29. The Balaban J connectivity index is 1.51. The van der Waals surface area contributed by atoms with Crippen LogP contribution < -0.4 is 10.2 Å². The van der Waals surface area contributed by atoms with E-state index in [9.17, 15) is 4.79 Å². The fraction of sp³-hybridized carbons (Fsp3) is 0.400. The van der Waals surface area contributed by atoms with Crippen LogP contribution in [0.5, 0.6) is 0 Å². The molecule has 1 aliphatic carbocycles. The molecular formula is C15H15ClN6O. The number of carbonyl (C=O) groups is 1. The molecule has 2 aromatic heterocycles. The van der Waals surface area contributed by atoms with Crippen LogP contribution >= 0.6 is 11.6 Å². The number of amides is 1. The molecule has 3 heterocycles. The number of rotatable bonds is 4. The van der Waals surface area contributed by atoms with Crippen molar-refractivity contribution < 1.29 is 4.79 Å². The van der Waals surface area contributed by atoms with Gasteiger partial charge < -0.3 is 10.2 Å². The Hall–Kier alpha value is -2.28. The van der Waals surface area contributed by atoms with Crippen LogP contribution in [0, 0.1) is 11.8 Å². The van der Waals surface area contributed by atoms with E-state index >= 15 is 0 Å². The minimum atomic E-state index is -0.310. The van der Waals surface area contributed by atoms with Crippen LogP contribution in [0.15, 0.2) is 24.7 Å². The summed E-state index contributed by atoms with van der Waals surface area (Å²) in [5.41, 5.74) is 0.708. The lowest BCUT2D eigenvalue weighted by Gasteiger charge is -2.17. The smallest absolute Gasteiger partial charge is 0.240 e. The number of halogens is 1. The molecule has 0 spiro atoms. The zero-order chi connectivity index (χ0) is 15.8. The number of hydrogen-bond donors (Lipinski definition) is 1. The fourth-order valence-corrected chi connectivity index (χ4v) is 2.97. The summed E-state index contributed by atoms with van der Waals surface area (Å²) in [6.45, 7) is 2.11. The third kappa shape index (κ3) is 2.96. The average Bonchev–Trinajstić information content (AvgIpc) is 3.21. The molecule has 0 bridgehead atoms. The molecule has 0 aromatic carbocycles. The van der Waals surface area contributed by atoms with E-state index in [1.165, 1.54) is 6.42 Å². The van der Waals surface area contributed by atoms with E-state index in [2.05, 4.69) is 30.2 Å². The number of nitrogens with zero attached hydrogens (tertiary/aromatic N) is 5. The number of hydrogen-bond acceptors (Lipinski definition) is 6. The Labute approximate surface area is 138 Å². The lowest BCUT2D eigenvalue weighted by Crippen LogP contribution is -2.23. The summed E-state index contributed by atoms with van der Waals surface area (Å²) in [6, 6.07) is 1.61. The SMILES string of the molecule is O=C(CCl)Nc1ccnc(-c2cnc(N3CC4CC4C3)nc2)n1. The third-order valence-electron chi connectivity index (χ3n) is 4.20. The van der Waals surface area contributed by atoms with E-state index in [0.717, 1.165) is 30.9 Å². The van der Waals surface area contributed by atoms with Gasteiger partial charge in [-0.05, 0) is 24.3 Å². The monoisotopic (exact) mass is 330 g/mol. The van der Waals surface area contributed by atoms with Gasteiger partial charge in [0, 0.05) is 31.7 Å². The van der Waals surface area contributed by atoms with Gasteiger partial charge in [0.15, 0.2) is 5.82 Å². The Morgan fingerprint density at radius 2 is 2.00 bits per heavy atom. The molecule has 23 heavy (non-hydrogen) atoms. The number of aromatic nitrogens is 4. The summed E-state index contributed by atoms with van der Waals surface area (Å²) in [6.07, 6.45) is 6.36. The molecule has 1 N–H and O–H groups in total. The molecule has 2 aromatic rings. The topological polar surface area (TPSA) is 83.9 Å². The largest absolute Gasteiger partial charge is 0.340 e. The third-order valence-corrected chi connectivity index (χ3v) is 4.45. The Morgan fingerprint density at radius 1 is 1.26 bits per heavy atom. The predicted molar refractivity (Wildman–Crippen MR) is 86.2 cm³/mol. The lowest BCUT2D eigenvalue weighted by atomic mass is 10.3. The standard InChI is InChI=1S/C15H15ClN6O/c16-4-13(23)20-12-1-2-17-14(21-12)11-5-18-15(19-6-11)22-7-9-3-10(9)8-22/h1-2,5-6,9-10H,3-4,7-8H2,(H,17,20,21,23). The minimum Gasteiger partial charge on any atom is -0.340 e. The quantitative estimate of drug-likeness (QED) is 0.857. The van der Waals surface area contributed by atoms with Crippen molar-refractivity contribution in [2.24, 2.45) is 11.8 Å². The Bertz CT molecular complexity index is 727. The van der Waals surface area contributed by atoms with Crippen molar-refractivity contribution in [3.63, 3.8) is 0 Å². The second-order valence-electron chi connectivity index (χ2n) is 5.88. The van der Waals surface area contributed by atoms with E-state index in [4.69, 9.17) is 11.6 Å². The summed E-state index contributed by atoms with van der Waals surface area (Å²) in [5, 5.41) is 2.60. The van der Waals surface area contributed by atoms with Gasteiger partial charge in [-0.1, -0.05) is 0 Å². The molecule has 7 nitrogen and oxygen atoms in total. The van der Waals surface area contributed by atoms with Crippen LogP contribution in [0.25, 0.3) is 11.4 Å². The summed E-state index contributed by atoms with van der Waals surface area (Å²) >= 11 is 5.47. The van der Waals surface area contributed by atoms with E-state index < -0.39 is 0 Å². The minimum absolute atomic E-state index is 0.116. The number of carbonyl (C=O) groups excluding carboxylic acids is 1. The second kappa shape index (κ2) is 5.73. The van der Waals surface area contributed by atoms with Crippen molar-refractivity contribution in [1.82, 2.24) is 19.9 Å². The second-order valence-corrected chi connectivity index (χ2v) is 6.15. The highest BCUT2D eigenvalue weighted by Crippen LogP contribution is 2.45. The number of piperidine rings is 1. The first-order chi connectivity index (χ1) is 11.2. The molecule has 2 unspecified atom stereocenters. The maximum absolute atomic E-state index is 11.3. The van der Waals surface area contributed by atoms with Crippen molar-refractivity contribution in [2.75, 3.05) is 29.2 Å². The van der Waals surface area contributed by atoms with Crippen molar-refractivity contribution in [2.45, 2.75) is 6.42 Å². The molecule has 1 saturated carbocycles. The van der Waals surface area contributed by atoms with Gasteiger partial charge in [-0.3, -0.25) is 4.79 Å². The van der Waals surface area contributed by atoms with Crippen molar-refractivity contribution in [1.29, 1.82) is 0 Å². The van der Waals surface area contributed by atoms with Gasteiger partial charge in [-0.25, -0.2) is 19.9 Å². The van der Waals surface area contributed by atoms with E-state index in [1.54, 1.807) is 24.7 Å². The molecule has 4 rings (SSSR count). The molecule has 2 atom stereocenters. The maximum Gasteiger partial charge on any atom is 0.240 e. The van der Waals surface area contributed by atoms with Crippen LogP contribution in [0.2, 0.25) is 0 Å². The molecule has 118 valence electrons. The summed E-state index contributed by atoms with van der Waals surface area (Å²) < 4.78 is 0. The Kier molecular flexibility index (Phi) is 3.57. The van der Waals surface area contributed by atoms with Crippen molar-refractivity contribution >= 4 is 29.3 Å². The summed E-state index contributed by atoms with van der Waals surface area (Å²) in [5.74, 6) is 2.88. The molecule has 1 saturated heterocycles. The van der Waals surface area contributed by atoms with Crippen LogP contribution in [-0.4, -0.2) is 44.8 Å². The normalized spacial score (nSPS) is 21.9. The number of fused-ring (bicyclic) bond motifs is 1. The van der Waals surface area contributed by atoms with Gasteiger partial charge in [0.05, 0.1) is 5.56 Å². The van der Waals surface area contributed by atoms with Crippen molar-refractivity contribution in [3.8, 4) is 11.4 Å².